The van der Waals surface area contributed by atoms with Gasteiger partial charge in [-0.15, -0.1) is 0 Å². The fourth-order valence-corrected chi connectivity index (χ4v) is 3.74. The lowest BCUT2D eigenvalue weighted by molar-refractivity contribution is 0.366. The third-order valence-corrected chi connectivity index (χ3v) is 5.55. The van der Waals surface area contributed by atoms with E-state index >= 15 is 0 Å². The third-order valence-electron chi connectivity index (χ3n) is 5.19. The van der Waals surface area contributed by atoms with Crippen LogP contribution in [0.1, 0.15) is 17.5 Å². The summed E-state index contributed by atoms with van der Waals surface area (Å²) in [7, 11) is 4.98. The Bertz CT molecular complexity index is 1020. The summed E-state index contributed by atoms with van der Waals surface area (Å²) < 4.78 is 18.4. The molecule has 1 N–H and O–H groups in total. The molecule has 3 aromatic rings. The van der Waals surface area contributed by atoms with E-state index in [2.05, 4.69) is 19.8 Å². The first-order valence-electron chi connectivity index (χ1n) is 10.4. The SMILES string of the molecule is COc1ccc(CN(CCCn2ccnc2)C(=S)Nc2ccc(OC)c(C)c2)c(OC)c1. The van der Waals surface area contributed by atoms with Crippen LogP contribution in [0.3, 0.4) is 0 Å². The molecule has 8 heteroatoms. The van der Waals surface area contributed by atoms with Crippen molar-refractivity contribution < 1.29 is 14.2 Å². The zero-order chi connectivity index (χ0) is 22.9. The molecular formula is C24H30N4O3S. The van der Waals surface area contributed by atoms with Crippen molar-refractivity contribution in [1.82, 2.24) is 14.5 Å². The highest BCUT2D eigenvalue weighted by atomic mass is 32.1. The summed E-state index contributed by atoms with van der Waals surface area (Å²) in [6.07, 6.45) is 6.50. The summed E-state index contributed by atoms with van der Waals surface area (Å²) in [5.41, 5.74) is 3.00. The molecule has 0 saturated heterocycles. The smallest absolute Gasteiger partial charge is 0.173 e. The van der Waals surface area contributed by atoms with E-state index < -0.39 is 0 Å². The van der Waals surface area contributed by atoms with Crippen LogP contribution < -0.4 is 19.5 Å². The van der Waals surface area contributed by atoms with Crippen molar-refractivity contribution in [1.29, 1.82) is 0 Å². The highest BCUT2D eigenvalue weighted by Gasteiger charge is 2.15. The predicted molar refractivity (Wildman–Crippen MR) is 131 cm³/mol. The number of methoxy groups -OCH3 is 3. The average Bonchev–Trinajstić information content (AvgIpc) is 3.32. The molecule has 0 bridgehead atoms. The van der Waals surface area contributed by atoms with E-state index in [9.17, 15) is 0 Å². The van der Waals surface area contributed by atoms with Crippen LogP contribution in [0.5, 0.6) is 17.2 Å². The number of nitrogens with one attached hydrogen (secondary N) is 1. The third kappa shape index (κ3) is 6.13. The number of nitrogens with zero attached hydrogens (tertiary/aromatic N) is 3. The zero-order valence-corrected chi connectivity index (χ0v) is 19.8. The summed E-state index contributed by atoms with van der Waals surface area (Å²) in [5, 5.41) is 4.03. The van der Waals surface area contributed by atoms with Gasteiger partial charge in [-0.25, -0.2) is 4.98 Å². The Morgan fingerprint density at radius 3 is 2.53 bits per heavy atom. The van der Waals surface area contributed by atoms with E-state index in [1.54, 1.807) is 27.5 Å². The zero-order valence-electron chi connectivity index (χ0n) is 19.0. The standard InChI is InChI=1S/C24H30N4O3S/c1-18-14-20(7-9-22(18)30-3)26-24(32)28(12-5-11-27-13-10-25-17-27)16-19-6-8-21(29-2)15-23(19)31-4/h6-10,13-15,17H,5,11-12,16H2,1-4H3,(H,26,32). The first kappa shape index (κ1) is 23.4. The van der Waals surface area contributed by atoms with Gasteiger partial charge in [0.25, 0.3) is 0 Å². The van der Waals surface area contributed by atoms with Crippen LogP contribution >= 0.6 is 12.2 Å². The lowest BCUT2D eigenvalue weighted by atomic mass is 10.1. The highest BCUT2D eigenvalue weighted by molar-refractivity contribution is 7.80. The molecule has 1 aromatic heterocycles. The molecule has 0 amide bonds. The summed E-state index contributed by atoms with van der Waals surface area (Å²) in [6, 6.07) is 11.8. The van der Waals surface area contributed by atoms with Crippen molar-refractivity contribution in [3.8, 4) is 17.2 Å². The second kappa shape index (κ2) is 11.4. The van der Waals surface area contributed by atoms with Gasteiger partial charge in [0.1, 0.15) is 17.2 Å². The van der Waals surface area contributed by atoms with E-state index in [-0.39, 0.29) is 0 Å². The van der Waals surface area contributed by atoms with Gasteiger partial charge < -0.3 is 29.0 Å². The van der Waals surface area contributed by atoms with Crippen LogP contribution in [0.4, 0.5) is 5.69 Å². The minimum absolute atomic E-state index is 0.609. The lowest BCUT2D eigenvalue weighted by Crippen LogP contribution is -2.35. The Kier molecular flexibility index (Phi) is 8.33. The number of thiocarbonyl (C=S) groups is 1. The molecule has 0 unspecified atom stereocenters. The van der Waals surface area contributed by atoms with Gasteiger partial charge in [-0.05, 0) is 61.5 Å². The predicted octanol–water partition coefficient (Wildman–Crippen LogP) is 4.51. The van der Waals surface area contributed by atoms with Crippen LogP contribution in [-0.4, -0.2) is 47.4 Å². The Balaban J connectivity index is 1.76. The molecule has 2 aromatic carbocycles. The molecule has 0 aliphatic rings. The van der Waals surface area contributed by atoms with Gasteiger partial charge >= 0.3 is 0 Å². The summed E-state index contributed by atoms with van der Waals surface area (Å²) in [6.45, 7) is 4.26. The fraction of sp³-hybridized carbons (Fsp3) is 0.333. The second-order valence-electron chi connectivity index (χ2n) is 7.37. The van der Waals surface area contributed by atoms with Crippen molar-refractivity contribution in [3.63, 3.8) is 0 Å². The van der Waals surface area contributed by atoms with Gasteiger partial charge in [-0.1, -0.05) is 0 Å². The number of ether oxygens (including phenoxy) is 3. The molecule has 0 radical (unpaired) electrons. The van der Waals surface area contributed by atoms with E-state index in [0.29, 0.717) is 11.7 Å². The number of hydrogen-bond donors (Lipinski definition) is 1. The van der Waals surface area contributed by atoms with Crippen LogP contribution in [0.2, 0.25) is 0 Å². The van der Waals surface area contributed by atoms with Gasteiger partial charge in [0.2, 0.25) is 0 Å². The van der Waals surface area contributed by atoms with Crippen molar-refractivity contribution in [3.05, 3.63) is 66.2 Å². The topological polar surface area (TPSA) is 60.8 Å². The van der Waals surface area contributed by atoms with E-state index in [1.807, 2.05) is 55.8 Å². The second-order valence-corrected chi connectivity index (χ2v) is 7.75. The van der Waals surface area contributed by atoms with Gasteiger partial charge in [0.05, 0.1) is 27.7 Å². The molecule has 0 fully saturated rings. The average molecular weight is 455 g/mol. The maximum Gasteiger partial charge on any atom is 0.173 e. The molecule has 3 rings (SSSR count). The number of imidazole rings is 1. The molecule has 170 valence electrons. The monoisotopic (exact) mass is 454 g/mol. The number of benzene rings is 2. The van der Waals surface area contributed by atoms with Crippen LogP contribution in [0.25, 0.3) is 0 Å². The van der Waals surface area contributed by atoms with E-state index in [4.69, 9.17) is 26.4 Å². The van der Waals surface area contributed by atoms with E-state index in [1.165, 1.54) is 0 Å². The number of aromatic nitrogens is 2. The van der Waals surface area contributed by atoms with E-state index in [0.717, 1.165) is 53.6 Å². The molecule has 0 saturated carbocycles. The molecule has 32 heavy (non-hydrogen) atoms. The largest absolute Gasteiger partial charge is 0.497 e. The first-order chi connectivity index (χ1) is 15.5. The normalized spacial score (nSPS) is 10.5. The van der Waals surface area contributed by atoms with Crippen LogP contribution in [0.15, 0.2) is 55.1 Å². The quantitative estimate of drug-likeness (QED) is 0.452. The molecule has 7 nitrogen and oxygen atoms in total. The van der Waals surface area contributed by atoms with Gasteiger partial charge in [0.15, 0.2) is 5.11 Å². The Hall–Kier alpha value is -3.26. The van der Waals surface area contributed by atoms with Crippen molar-refractivity contribution >= 4 is 23.0 Å². The van der Waals surface area contributed by atoms with Crippen molar-refractivity contribution in [2.45, 2.75) is 26.4 Å². The van der Waals surface area contributed by atoms with Gasteiger partial charge in [-0.2, -0.15) is 0 Å². The van der Waals surface area contributed by atoms with Crippen LogP contribution in [-0.2, 0) is 13.1 Å². The lowest BCUT2D eigenvalue weighted by Gasteiger charge is -2.27. The summed E-state index contributed by atoms with van der Waals surface area (Å²) in [5.74, 6) is 2.38. The highest BCUT2D eigenvalue weighted by Crippen LogP contribution is 2.27. The Labute approximate surface area is 194 Å². The number of rotatable bonds is 10. The van der Waals surface area contributed by atoms with Gasteiger partial charge in [0, 0.05) is 49.3 Å². The first-order valence-corrected chi connectivity index (χ1v) is 10.8. The Morgan fingerprint density at radius 2 is 1.88 bits per heavy atom. The minimum Gasteiger partial charge on any atom is -0.497 e. The van der Waals surface area contributed by atoms with Crippen molar-refractivity contribution in [2.24, 2.45) is 0 Å². The fourth-order valence-electron chi connectivity index (χ4n) is 3.46. The molecule has 0 aliphatic carbocycles. The Morgan fingerprint density at radius 1 is 1.06 bits per heavy atom. The maximum atomic E-state index is 5.80. The summed E-state index contributed by atoms with van der Waals surface area (Å²) in [4.78, 5) is 6.26. The van der Waals surface area contributed by atoms with Crippen molar-refractivity contribution in [2.75, 3.05) is 33.2 Å². The number of aryl methyl sites for hydroxylation is 2. The molecule has 1 heterocycles. The number of anilines is 1. The number of hydrogen-bond acceptors (Lipinski definition) is 5. The maximum absolute atomic E-state index is 5.80. The van der Waals surface area contributed by atoms with Crippen LogP contribution in [0, 0.1) is 6.92 Å². The molecular weight excluding hydrogens is 424 g/mol. The summed E-state index contributed by atoms with van der Waals surface area (Å²) >= 11 is 5.80. The van der Waals surface area contributed by atoms with Gasteiger partial charge in [-0.3, -0.25) is 0 Å². The molecule has 0 atom stereocenters. The molecule has 0 aliphatic heterocycles. The molecule has 0 spiro atoms. The minimum atomic E-state index is 0.609.